The number of nitrogens with zero attached hydrogens (tertiary/aromatic N) is 1. The maximum absolute atomic E-state index is 10.8. The van der Waals surface area contributed by atoms with E-state index in [2.05, 4.69) is 5.32 Å². The lowest BCUT2D eigenvalue weighted by Gasteiger charge is -2.30. The summed E-state index contributed by atoms with van der Waals surface area (Å²) in [4.78, 5) is 10.8. The normalized spacial score (nSPS) is 43.5. The first-order valence-electron chi connectivity index (χ1n) is 4.44. The molecule has 0 aromatic carbocycles. The van der Waals surface area contributed by atoms with Gasteiger partial charge in [0, 0.05) is 18.5 Å². The van der Waals surface area contributed by atoms with Crippen LogP contribution in [0, 0.1) is 11.3 Å². The van der Waals surface area contributed by atoms with Crippen LogP contribution in [-0.2, 0) is 4.79 Å². The van der Waals surface area contributed by atoms with Crippen molar-refractivity contribution in [2.45, 2.75) is 25.7 Å². The summed E-state index contributed by atoms with van der Waals surface area (Å²) in [6, 6.07) is 0. The van der Waals surface area contributed by atoms with Gasteiger partial charge in [-0.25, -0.2) is 5.32 Å². The minimum absolute atomic E-state index is 0.0347. The highest BCUT2D eigenvalue weighted by atomic mass is 16.1. The van der Waals surface area contributed by atoms with Crippen LogP contribution in [0.4, 0.5) is 0 Å². The molecule has 2 nitrogen and oxygen atoms in total. The van der Waals surface area contributed by atoms with Gasteiger partial charge in [-0.15, -0.1) is 0 Å². The second-order valence-electron chi connectivity index (χ2n) is 3.99. The topological polar surface area (TPSA) is 31.2 Å². The minimum atomic E-state index is -0.0347. The fourth-order valence-electron chi connectivity index (χ4n) is 2.22. The molecular formula is C9H14NO. The van der Waals surface area contributed by atoms with Crippen molar-refractivity contribution < 1.29 is 4.79 Å². The van der Waals surface area contributed by atoms with Gasteiger partial charge < -0.3 is 4.79 Å². The van der Waals surface area contributed by atoms with Gasteiger partial charge in [0.1, 0.15) is 6.29 Å². The lowest BCUT2D eigenvalue weighted by atomic mass is 9.73. The molecule has 0 aromatic heterocycles. The smallest absolute Gasteiger partial charge is 0.127 e. The Morgan fingerprint density at radius 2 is 2.09 bits per heavy atom. The van der Waals surface area contributed by atoms with Gasteiger partial charge in [-0.3, -0.25) is 0 Å². The van der Waals surface area contributed by atoms with Gasteiger partial charge in [-0.05, 0) is 31.6 Å². The number of carbonyl (C=O) groups is 1. The highest BCUT2D eigenvalue weighted by Crippen LogP contribution is 2.39. The number of hydrogen-bond acceptors (Lipinski definition) is 1. The quantitative estimate of drug-likeness (QED) is 0.515. The lowest BCUT2D eigenvalue weighted by Crippen LogP contribution is -2.30. The van der Waals surface area contributed by atoms with Gasteiger partial charge >= 0.3 is 0 Å². The fraction of sp³-hybridized carbons (Fsp3) is 0.889. The molecule has 0 amide bonds. The van der Waals surface area contributed by atoms with E-state index in [1.807, 2.05) is 0 Å². The number of hydrogen-bond donors (Lipinski definition) is 0. The number of fused-ring (bicyclic) bond motifs is 4. The van der Waals surface area contributed by atoms with E-state index in [-0.39, 0.29) is 5.41 Å². The van der Waals surface area contributed by atoms with Gasteiger partial charge in [0.2, 0.25) is 0 Å². The molecule has 2 aliphatic heterocycles. The van der Waals surface area contributed by atoms with Gasteiger partial charge in [-0.2, -0.15) is 0 Å². The summed E-state index contributed by atoms with van der Waals surface area (Å²) in [5, 5.41) is 4.41. The van der Waals surface area contributed by atoms with Crippen molar-refractivity contribution in [2.75, 3.05) is 13.1 Å². The molecule has 3 fully saturated rings. The molecule has 0 aromatic rings. The predicted octanol–water partition coefficient (Wildman–Crippen LogP) is 0.980. The van der Waals surface area contributed by atoms with Crippen LogP contribution in [0.15, 0.2) is 0 Å². The van der Waals surface area contributed by atoms with Crippen molar-refractivity contribution >= 4 is 6.29 Å². The fourth-order valence-corrected chi connectivity index (χ4v) is 2.22. The van der Waals surface area contributed by atoms with Crippen molar-refractivity contribution in [1.82, 2.24) is 5.32 Å². The van der Waals surface area contributed by atoms with E-state index in [0.717, 1.165) is 38.1 Å². The van der Waals surface area contributed by atoms with Crippen molar-refractivity contribution in [3.8, 4) is 0 Å². The Balaban J connectivity index is 2.16. The van der Waals surface area contributed by atoms with Crippen LogP contribution in [0.5, 0.6) is 0 Å². The molecule has 1 radical (unpaired) electrons. The third kappa shape index (κ3) is 1.20. The SMILES string of the molecule is O=CC12CCC(CC1)C[N]C2. The third-order valence-electron chi connectivity index (χ3n) is 3.16. The van der Waals surface area contributed by atoms with Crippen molar-refractivity contribution in [3.63, 3.8) is 0 Å². The van der Waals surface area contributed by atoms with Gasteiger partial charge in [0.15, 0.2) is 0 Å². The zero-order chi connectivity index (χ0) is 7.73. The van der Waals surface area contributed by atoms with E-state index < -0.39 is 0 Å². The van der Waals surface area contributed by atoms with E-state index in [1.54, 1.807) is 0 Å². The van der Waals surface area contributed by atoms with Gasteiger partial charge in [0.25, 0.3) is 0 Å². The van der Waals surface area contributed by atoms with Crippen molar-refractivity contribution in [2.24, 2.45) is 11.3 Å². The van der Waals surface area contributed by atoms with Crippen molar-refractivity contribution in [3.05, 3.63) is 0 Å². The van der Waals surface area contributed by atoms with E-state index in [1.165, 1.54) is 12.8 Å². The second-order valence-corrected chi connectivity index (χ2v) is 3.99. The van der Waals surface area contributed by atoms with Gasteiger partial charge in [0.05, 0.1) is 0 Å². The molecule has 61 valence electrons. The van der Waals surface area contributed by atoms with E-state index in [9.17, 15) is 4.79 Å². The molecule has 2 heteroatoms. The molecule has 1 saturated carbocycles. The summed E-state index contributed by atoms with van der Waals surface area (Å²) in [6.07, 6.45) is 5.78. The number of aldehydes is 1. The van der Waals surface area contributed by atoms with Crippen molar-refractivity contribution in [1.29, 1.82) is 0 Å². The van der Waals surface area contributed by atoms with Crippen LogP contribution >= 0.6 is 0 Å². The van der Waals surface area contributed by atoms with E-state index in [4.69, 9.17) is 0 Å². The van der Waals surface area contributed by atoms with Crippen LogP contribution in [0.1, 0.15) is 25.7 Å². The largest absolute Gasteiger partial charge is 0.303 e. The second kappa shape index (κ2) is 2.59. The Kier molecular flexibility index (Phi) is 1.72. The third-order valence-corrected chi connectivity index (χ3v) is 3.16. The average molecular weight is 152 g/mol. The molecule has 11 heavy (non-hydrogen) atoms. The lowest BCUT2D eigenvalue weighted by molar-refractivity contribution is -0.117. The van der Waals surface area contributed by atoms with E-state index >= 15 is 0 Å². The van der Waals surface area contributed by atoms with Crippen LogP contribution in [0.3, 0.4) is 0 Å². The first-order chi connectivity index (χ1) is 5.35. The predicted molar refractivity (Wildman–Crippen MR) is 42.3 cm³/mol. The average Bonchev–Trinajstić information content (AvgIpc) is 2.37. The summed E-state index contributed by atoms with van der Waals surface area (Å²) in [5.74, 6) is 0.797. The molecule has 0 unspecified atom stereocenters. The molecule has 2 saturated heterocycles. The van der Waals surface area contributed by atoms with Crippen LogP contribution in [-0.4, -0.2) is 19.4 Å². The monoisotopic (exact) mass is 152 g/mol. The molecule has 2 heterocycles. The summed E-state index contributed by atoms with van der Waals surface area (Å²) in [7, 11) is 0. The molecule has 0 atom stereocenters. The summed E-state index contributed by atoms with van der Waals surface area (Å²) in [5.41, 5.74) is -0.0347. The Hall–Kier alpha value is -0.370. The molecule has 2 bridgehead atoms. The van der Waals surface area contributed by atoms with Crippen LogP contribution < -0.4 is 5.32 Å². The molecule has 3 rings (SSSR count). The molecular weight excluding hydrogens is 138 g/mol. The Bertz CT molecular complexity index is 153. The van der Waals surface area contributed by atoms with Crippen LogP contribution in [0.2, 0.25) is 0 Å². The highest BCUT2D eigenvalue weighted by Gasteiger charge is 2.38. The van der Waals surface area contributed by atoms with E-state index in [0.29, 0.717) is 0 Å². The first-order valence-corrected chi connectivity index (χ1v) is 4.44. The number of rotatable bonds is 1. The van der Waals surface area contributed by atoms with Gasteiger partial charge in [-0.1, -0.05) is 0 Å². The maximum Gasteiger partial charge on any atom is 0.127 e. The molecule has 0 spiro atoms. The summed E-state index contributed by atoms with van der Waals surface area (Å²) < 4.78 is 0. The van der Waals surface area contributed by atoms with Crippen LogP contribution in [0.25, 0.3) is 0 Å². The molecule has 1 aliphatic carbocycles. The standard InChI is InChI=1S/C9H14NO/c11-7-9-3-1-8(2-4-9)5-10-6-9/h7-8H,1-6H2. The summed E-state index contributed by atoms with van der Waals surface area (Å²) in [6.45, 7) is 1.81. The highest BCUT2D eigenvalue weighted by molar-refractivity contribution is 5.60. The Morgan fingerprint density at radius 1 is 1.36 bits per heavy atom. The zero-order valence-corrected chi connectivity index (χ0v) is 6.75. The Labute approximate surface area is 67.4 Å². The summed E-state index contributed by atoms with van der Waals surface area (Å²) >= 11 is 0. The zero-order valence-electron chi connectivity index (χ0n) is 6.75. The number of carbonyl (C=O) groups excluding carboxylic acids is 1. The molecule has 3 aliphatic rings. The molecule has 0 N–H and O–H groups in total. The Morgan fingerprint density at radius 3 is 2.73 bits per heavy atom. The minimum Gasteiger partial charge on any atom is -0.303 e. The first kappa shape index (κ1) is 7.29. The maximum atomic E-state index is 10.8.